The van der Waals surface area contributed by atoms with E-state index >= 15 is 0 Å². The third-order valence-corrected chi connectivity index (χ3v) is 3.61. The van der Waals surface area contributed by atoms with Crippen molar-refractivity contribution < 1.29 is 9.59 Å². The number of pyridine rings is 1. The predicted octanol–water partition coefficient (Wildman–Crippen LogP) is 1.60. The van der Waals surface area contributed by atoms with Crippen LogP contribution in [0.5, 0.6) is 0 Å². The predicted molar refractivity (Wildman–Crippen MR) is 95.1 cm³/mol. The molecule has 3 aromatic rings. The zero-order chi connectivity index (χ0) is 18.2. The summed E-state index contributed by atoms with van der Waals surface area (Å²) in [5.74, 6) is -0.760. The molecule has 2 heterocycles. The van der Waals surface area contributed by atoms with Crippen LogP contribution in [0.3, 0.4) is 0 Å². The van der Waals surface area contributed by atoms with Gasteiger partial charge in [0, 0.05) is 18.8 Å². The van der Waals surface area contributed by atoms with Crippen molar-refractivity contribution in [3.8, 4) is 0 Å². The summed E-state index contributed by atoms with van der Waals surface area (Å²) in [6.45, 7) is 0. The molecule has 0 fully saturated rings. The second-order valence-electron chi connectivity index (χ2n) is 5.50. The van der Waals surface area contributed by atoms with Crippen molar-refractivity contribution in [1.29, 1.82) is 0 Å². The number of benzene rings is 1. The Balaban J connectivity index is 1.75. The molecular weight excluding hydrogens is 330 g/mol. The molecule has 0 bridgehead atoms. The van der Waals surface area contributed by atoms with Crippen LogP contribution in [0.1, 0.15) is 26.5 Å². The van der Waals surface area contributed by atoms with Crippen molar-refractivity contribution in [3.05, 3.63) is 90.3 Å². The lowest BCUT2D eigenvalue weighted by Gasteiger charge is -2.20. The topological polar surface area (TPSA) is 96.9 Å². The van der Waals surface area contributed by atoms with E-state index in [-0.39, 0.29) is 17.3 Å². The molecule has 0 saturated heterocycles. The summed E-state index contributed by atoms with van der Waals surface area (Å²) in [6.07, 6.45) is 4.14. The van der Waals surface area contributed by atoms with Gasteiger partial charge in [0.25, 0.3) is 11.8 Å². The molecule has 0 aliphatic carbocycles. The molecule has 1 atom stereocenters. The molecule has 0 saturated carbocycles. The first kappa shape index (κ1) is 17.2. The maximum atomic E-state index is 12.4. The zero-order valence-electron chi connectivity index (χ0n) is 13.9. The van der Waals surface area contributed by atoms with Gasteiger partial charge in [-0.05, 0) is 23.8 Å². The molecule has 7 nitrogen and oxygen atoms in total. The summed E-state index contributed by atoms with van der Waals surface area (Å²) in [5, 5.41) is 5.60. The Morgan fingerprint density at radius 2 is 1.50 bits per heavy atom. The highest BCUT2D eigenvalue weighted by Crippen LogP contribution is 2.04. The van der Waals surface area contributed by atoms with Crippen LogP contribution in [0.25, 0.3) is 0 Å². The molecule has 2 N–H and O–H groups in total. The van der Waals surface area contributed by atoms with Crippen molar-refractivity contribution in [2.45, 2.75) is 12.6 Å². The van der Waals surface area contributed by atoms with Gasteiger partial charge in [-0.2, -0.15) is 0 Å². The number of hydrogen-bond donors (Lipinski definition) is 2. The van der Waals surface area contributed by atoms with Crippen molar-refractivity contribution in [2.24, 2.45) is 0 Å². The van der Waals surface area contributed by atoms with Gasteiger partial charge in [-0.25, -0.2) is 9.97 Å². The van der Waals surface area contributed by atoms with E-state index in [2.05, 4.69) is 25.6 Å². The summed E-state index contributed by atoms with van der Waals surface area (Å²) in [5.41, 5.74) is 1.48. The minimum atomic E-state index is -0.616. The van der Waals surface area contributed by atoms with Gasteiger partial charge < -0.3 is 10.6 Å². The van der Waals surface area contributed by atoms with E-state index in [4.69, 9.17) is 0 Å². The Labute approximate surface area is 150 Å². The molecular formula is C19H17N5O2. The normalized spacial score (nSPS) is 11.4. The quantitative estimate of drug-likeness (QED) is 0.660. The molecule has 1 unspecified atom stereocenters. The Hall–Kier alpha value is -3.61. The number of carbonyl (C=O) groups excluding carboxylic acids is 2. The van der Waals surface area contributed by atoms with Gasteiger partial charge in [-0.3, -0.25) is 14.6 Å². The van der Waals surface area contributed by atoms with E-state index in [0.29, 0.717) is 6.42 Å². The molecule has 2 aromatic heterocycles. The lowest BCUT2D eigenvalue weighted by atomic mass is 10.1. The first-order chi connectivity index (χ1) is 12.7. The SMILES string of the molecule is O=C(NC(Cc1ccccc1)NC(=O)c1ccncn1)c1ccccn1. The molecule has 7 heteroatoms. The maximum absolute atomic E-state index is 12.4. The van der Waals surface area contributed by atoms with Crippen LogP contribution < -0.4 is 10.6 Å². The lowest BCUT2D eigenvalue weighted by Crippen LogP contribution is -2.49. The Morgan fingerprint density at radius 3 is 2.12 bits per heavy atom. The number of aromatic nitrogens is 3. The highest BCUT2D eigenvalue weighted by Gasteiger charge is 2.18. The Kier molecular flexibility index (Phi) is 5.61. The Bertz CT molecular complexity index is 803. The van der Waals surface area contributed by atoms with Gasteiger partial charge in [0.1, 0.15) is 23.9 Å². The summed E-state index contributed by atoms with van der Waals surface area (Å²) < 4.78 is 0. The van der Waals surface area contributed by atoms with Crippen LogP contribution in [-0.4, -0.2) is 32.9 Å². The van der Waals surface area contributed by atoms with E-state index < -0.39 is 12.1 Å². The number of nitrogens with zero attached hydrogens (tertiary/aromatic N) is 3. The van der Waals surface area contributed by atoms with Gasteiger partial charge in [0.05, 0.1) is 0 Å². The summed E-state index contributed by atoms with van der Waals surface area (Å²) in [6, 6.07) is 16.1. The average Bonchev–Trinajstić information content (AvgIpc) is 2.70. The van der Waals surface area contributed by atoms with Gasteiger partial charge in [-0.15, -0.1) is 0 Å². The summed E-state index contributed by atoms with van der Waals surface area (Å²) in [7, 11) is 0. The maximum Gasteiger partial charge on any atom is 0.271 e. The highest BCUT2D eigenvalue weighted by atomic mass is 16.2. The molecule has 2 amide bonds. The monoisotopic (exact) mass is 347 g/mol. The van der Waals surface area contributed by atoms with Gasteiger partial charge in [0.15, 0.2) is 0 Å². The van der Waals surface area contributed by atoms with Crippen LogP contribution in [0.4, 0.5) is 0 Å². The number of nitrogens with one attached hydrogen (secondary N) is 2. The molecule has 1 aromatic carbocycles. The molecule has 130 valence electrons. The van der Waals surface area contributed by atoms with Crippen LogP contribution in [-0.2, 0) is 6.42 Å². The summed E-state index contributed by atoms with van der Waals surface area (Å²) >= 11 is 0. The zero-order valence-corrected chi connectivity index (χ0v) is 13.9. The lowest BCUT2D eigenvalue weighted by molar-refractivity contribution is 0.0878. The number of amides is 2. The minimum Gasteiger partial charge on any atom is -0.330 e. The van der Waals surface area contributed by atoms with E-state index in [1.54, 1.807) is 24.4 Å². The van der Waals surface area contributed by atoms with Crippen molar-refractivity contribution >= 4 is 11.8 Å². The van der Waals surface area contributed by atoms with Crippen molar-refractivity contribution in [1.82, 2.24) is 25.6 Å². The fourth-order valence-electron chi connectivity index (χ4n) is 2.37. The number of hydrogen-bond acceptors (Lipinski definition) is 5. The molecule has 3 rings (SSSR count). The second-order valence-corrected chi connectivity index (χ2v) is 5.50. The largest absolute Gasteiger partial charge is 0.330 e. The van der Waals surface area contributed by atoms with Crippen LogP contribution in [0.2, 0.25) is 0 Å². The van der Waals surface area contributed by atoms with Gasteiger partial charge in [-0.1, -0.05) is 36.4 Å². The van der Waals surface area contributed by atoms with Crippen molar-refractivity contribution in [2.75, 3.05) is 0 Å². The smallest absolute Gasteiger partial charge is 0.271 e. The highest BCUT2D eigenvalue weighted by molar-refractivity contribution is 5.94. The third-order valence-electron chi connectivity index (χ3n) is 3.61. The summed E-state index contributed by atoms with van der Waals surface area (Å²) in [4.78, 5) is 36.6. The van der Waals surface area contributed by atoms with Gasteiger partial charge in [0.2, 0.25) is 0 Å². The minimum absolute atomic E-state index is 0.227. The van der Waals surface area contributed by atoms with E-state index in [9.17, 15) is 9.59 Å². The van der Waals surface area contributed by atoms with Crippen LogP contribution in [0.15, 0.2) is 73.3 Å². The fraction of sp³-hybridized carbons (Fsp3) is 0.105. The van der Waals surface area contributed by atoms with E-state index in [1.165, 1.54) is 18.6 Å². The fourth-order valence-corrected chi connectivity index (χ4v) is 2.37. The standard InChI is InChI=1S/C19H17N5O2/c25-18(15-8-4-5-10-21-15)23-17(12-14-6-2-1-3-7-14)24-19(26)16-9-11-20-13-22-16/h1-11,13,17H,12H2,(H,23,25)(H,24,26). The van der Waals surface area contributed by atoms with E-state index in [1.807, 2.05) is 30.3 Å². The first-order valence-corrected chi connectivity index (χ1v) is 8.05. The third kappa shape index (κ3) is 4.70. The first-order valence-electron chi connectivity index (χ1n) is 8.05. The van der Waals surface area contributed by atoms with Crippen LogP contribution in [0, 0.1) is 0 Å². The van der Waals surface area contributed by atoms with Crippen molar-refractivity contribution in [3.63, 3.8) is 0 Å². The van der Waals surface area contributed by atoms with E-state index in [0.717, 1.165) is 5.56 Å². The molecule has 0 aliphatic rings. The average molecular weight is 347 g/mol. The molecule has 26 heavy (non-hydrogen) atoms. The second kappa shape index (κ2) is 8.48. The number of rotatable bonds is 6. The van der Waals surface area contributed by atoms with Crippen LogP contribution >= 0.6 is 0 Å². The molecule has 0 spiro atoms. The molecule has 0 aliphatic heterocycles. The number of carbonyl (C=O) groups is 2. The van der Waals surface area contributed by atoms with Gasteiger partial charge >= 0.3 is 0 Å². The Morgan fingerprint density at radius 1 is 0.808 bits per heavy atom. The molecule has 0 radical (unpaired) electrons.